The van der Waals surface area contributed by atoms with Crippen molar-refractivity contribution >= 4 is 23.2 Å². The van der Waals surface area contributed by atoms with E-state index in [1.54, 1.807) is 6.07 Å². The summed E-state index contributed by atoms with van der Waals surface area (Å²) in [5, 5.41) is 19.1. The third kappa shape index (κ3) is 6.40. The maximum Gasteiger partial charge on any atom is 0.348 e. The molecule has 2 aromatic rings. The van der Waals surface area contributed by atoms with Gasteiger partial charge >= 0.3 is 5.97 Å². The first-order valence-corrected chi connectivity index (χ1v) is 12.3. The van der Waals surface area contributed by atoms with Gasteiger partial charge in [0.2, 0.25) is 5.91 Å². The summed E-state index contributed by atoms with van der Waals surface area (Å²) in [4.78, 5) is 27.5. The standard InChI is InChI=1S/C25H33NO5S/c1-2-3-4-7-22(28)19-10-8-18(9-11-19)21-17-24(29)26(21)14-5-6-20-12-13-23(32-20)25(30)31-16-15-27/h8-13,21-22,27-28H,2-7,14-17H2,1H3/t21-,22?/m1/s1. The predicted octanol–water partition coefficient (Wildman–Crippen LogP) is 4.42. The molecule has 3 rings (SSSR count). The van der Waals surface area contributed by atoms with Crippen molar-refractivity contribution in [2.24, 2.45) is 0 Å². The minimum absolute atomic E-state index is 0.00330. The maximum absolute atomic E-state index is 12.2. The molecule has 2 atom stereocenters. The molecule has 1 unspecified atom stereocenters. The first kappa shape index (κ1) is 24.4. The number of aliphatic hydroxyl groups is 2. The molecule has 1 aliphatic heterocycles. The van der Waals surface area contributed by atoms with Crippen molar-refractivity contribution in [1.82, 2.24) is 4.90 Å². The first-order chi connectivity index (χ1) is 15.5. The molecule has 0 spiro atoms. The quantitative estimate of drug-likeness (QED) is 0.263. The smallest absolute Gasteiger partial charge is 0.348 e. The van der Waals surface area contributed by atoms with Gasteiger partial charge in [-0.15, -0.1) is 11.3 Å². The van der Waals surface area contributed by atoms with Crippen LogP contribution in [-0.2, 0) is 16.0 Å². The van der Waals surface area contributed by atoms with Gasteiger partial charge in [-0.25, -0.2) is 4.79 Å². The van der Waals surface area contributed by atoms with Crippen LogP contribution < -0.4 is 0 Å². The summed E-state index contributed by atoms with van der Waals surface area (Å²) in [6.07, 6.45) is 5.80. The summed E-state index contributed by atoms with van der Waals surface area (Å²) >= 11 is 1.39. The van der Waals surface area contributed by atoms with Crippen LogP contribution in [0, 0.1) is 0 Å². The monoisotopic (exact) mass is 459 g/mol. The van der Waals surface area contributed by atoms with Crippen molar-refractivity contribution in [3.05, 3.63) is 57.3 Å². The molecular formula is C25H33NO5S. The molecule has 1 amide bonds. The number of rotatable bonds is 13. The Morgan fingerprint density at radius 2 is 1.97 bits per heavy atom. The Hall–Kier alpha value is -2.22. The van der Waals surface area contributed by atoms with Crippen LogP contribution in [-0.4, -0.2) is 46.7 Å². The van der Waals surface area contributed by atoms with Crippen molar-refractivity contribution in [2.45, 2.75) is 64.0 Å². The molecular weight excluding hydrogens is 426 g/mol. The van der Waals surface area contributed by atoms with Crippen LogP contribution in [0.4, 0.5) is 0 Å². The Kier molecular flexibility index (Phi) is 9.26. The van der Waals surface area contributed by atoms with Crippen molar-refractivity contribution in [1.29, 1.82) is 0 Å². The molecule has 0 aliphatic carbocycles. The Balaban J connectivity index is 1.48. The van der Waals surface area contributed by atoms with Crippen LogP contribution in [0.15, 0.2) is 36.4 Å². The highest BCUT2D eigenvalue weighted by molar-refractivity contribution is 7.13. The van der Waals surface area contributed by atoms with E-state index in [1.807, 2.05) is 35.2 Å². The highest BCUT2D eigenvalue weighted by Gasteiger charge is 2.36. The molecule has 7 heteroatoms. The van der Waals surface area contributed by atoms with E-state index in [0.717, 1.165) is 54.5 Å². The first-order valence-electron chi connectivity index (χ1n) is 11.5. The number of thiophene rings is 1. The second kappa shape index (κ2) is 12.1. The topological polar surface area (TPSA) is 87.1 Å². The van der Waals surface area contributed by atoms with Gasteiger partial charge in [0.25, 0.3) is 0 Å². The number of nitrogens with zero attached hydrogens (tertiary/aromatic N) is 1. The molecule has 1 aromatic carbocycles. The molecule has 32 heavy (non-hydrogen) atoms. The Bertz CT molecular complexity index is 879. The van der Waals surface area contributed by atoms with Crippen LogP contribution in [0.25, 0.3) is 0 Å². The molecule has 1 aromatic heterocycles. The minimum Gasteiger partial charge on any atom is -0.459 e. The number of carbonyl (C=O) groups excluding carboxylic acids is 2. The Labute approximate surface area is 193 Å². The van der Waals surface area contributed by atoms with Gasteiger partial charge in [0, 0.05) is 11.4 Å². The fourth-order valence-electron chi connectivity index (χ4n) is 3.98. The lowest BCUT2D eigenvalue weighted by atomic mass is 9.92. The summed E-state index contributed by atoms with van der Waals surface area (Å²) in [6.45, 7) is 2.65. The number of aliphatic hydroxyl groups excluding tert-OH is 2. The van der Waals surface area contributed by atoms with Crippen LogP contribution in [0.2, 0.25) is 0 Å². The number of aryl methyl sites for hydroxylation is 1. The Morgan fingerprint density at radius 1 is 1.19 bits per heavy atom. The van der Waals surface area contributed by atoms with E-state index >= 15 is 0 Å². The van der Waals surface area contributed by atoms with Crippen molar-refractivity contribution in [2.75, 3.05) is 19.8 Å². The zero-order valence-electron chi connectivity index (χ0n) is 18.7. The van der Waals surface area contributed by atoms with E-state index in [9.17, 15) is 14.7 Å². The number of unbranched alkanes of at least 4 members (excludes halogenated alkanes) is 2. The molecule has 174 valence electrons. The van der Waals surface area contributed by atoms with Gasteiger partial charge < -0.3 is 19.8 Å². The molecule has 2 heterocycles. The molecule has 1 aliphatic rings. The predicted molar refractivity (Wildman–Crippen MR) is 125 cm³/mol. The number of carbonyl (C=O) groups is 2. The summed E-state index contributed by atoms with van der Waals surface area (Å²) in [5.41, 5.74) is 2.05. The van der Waals surface area contributed by atoms with E-state index in [1.165, 1.54) is 11.3 Å². The van der Waals surface area contributed by atoms with Gasteiger partial charge in [-0.1, -0.05) is 50.5 Å². The highest BCUT2D eigenvalue weighted by Crippen LogP contribution is 2.35. The third-order valence-electron chi connectivity index (χ3n) is 5.86. The molecule has 6 nitrogen and oxygen atoms in total. The second-order valence-corrected chi connectivity index (χ2v) is 9.38. The van der Waals surface area contributed by atoms with Gasteiger partial charge in [0.05, 0.1) is 25.2 Å². The van der Waals surface area contributed by atoms with Crippen LogP contribution in [0.1, 0.15) is 83.3 Å². The number of ether oxygens (including phenoxy) is 1. The van der Waals surface area contributed by atoms with Gasteiger partial charge in [-0.05, 0) is 42.5 Å². The lowest BCUT2D eigenvalue weighted by molar-refractivity contribution is -0.146. The zero-order valence-corrected chi connectivity index (χ0v) is 19.5. The van der Waals surface area contributed by atoms with Crippen molar-refractivity contribution in [3.8, 4) is 0 Å². The number of hydrogen-bond acceptors (Lipinski definition) is 6. The molecule has 0 bridgehead atoms. The van der Waals surface area contributed by atoms with Crippen LogP contribution in [0.3, 0.4) is 0 Å². The fourth-order valence-corrected chi connectivity index (χ4v) is 4.93. The Morgan fingerprint density at radius 3 is 2.66 bits per heavy atom. The number of β-lactam (4-membered cyclic amide) rings is 1. The van der Waals surface area contributed by atoms with Gasteiger partial charge in [-0.3, -0.25) is 4.79 Å². The van der Waals surface area contributed by atoms with Crippen molar-refractivity contribution in [3.63, 3.8) is 0 Å². The number of likely N-dealkylation sites (tertiary alicyclic amines) is 1. The summed E-state index contributed by atoms with van der Waals surface area (Å²) in [6, 6.07) is 11.8. The lowest BCUT2D eigenvalue weighted by Crippen LogP contribution is -2.46. The van der Waals surface area contributed by atoms with Gasteiger partial charge in [0.15, 0.2) is 0 Å². The SMILES string of the molecule is CCCCCC(O)c1ccc([C@H]2CC(=O)N2CCCc2ccc(C(=O)OCCO)s2)cc1. The van der Waals surface area contributed by atoms with E-state index in [-0.39, 0.29) is 25.2 Å². The molecule has 0 saturated carbocycles. The molecule has 0 radical (unpaired) electrons. The molecule has 1 saturated heterocycles. The maximum atomic E-state index is 12.2. The third-order valence-corrected chi connectivity index (χ3v) is 6.99. The van der Waals surface area contributed by atoms with E-state index < -0.39 is 12.1 Å². The largest absolute Gasteiger partial charge is 0.459 e. The van der Waals surface area contributed by atoms with E-state index in [2.05, 4.69) is 6.92 Å². The summed E-state index contributed by atoms with van der Waals surface area (Å²) < 4.78 is 4.94. The summed E-state index contributed by atoms with van der Waals surface area (Å²) in [7, 11) is 0. The normalized spacial score (nSPS) is 16.7. The second-order valence-electron chi connectivity index (χ2n) is 8.21. The molecule has 1 fully saturated rings. The van der Waals surface area contributed by atoms with Crippen LogP contribution >= 0.6 is 11.3 Å². The number of benzene rings is 1. The zero-order chi connectivity index (χ0) is 22.9. The number of hydrogen-bond donors (Lipinski definition) is 2. The van der Waals surface area contributed by atoms with Crippen molar-refractivity contribution < 1.29 is 24.5 Å². The van der Waals surface area contributed by atoms with E-state index in [4.69, 9.17) is 9.84 Å². The lowest BCUT2D eigenvalue weighted by Gasteiger charge is -2.41. The minimum atomic E-state index is -0.425. The highest BCUT2D eigenvalue weighted by atomic mass is 32.1. The van der Waals surface area contributed by atoms with Gasteiger partial charge in [-0.2, -0.15) is 0 Å². The fraction of sp³-hybridized carbons (Fsp3) is 0.520. The number of amides is 1. The summed E-state index contributed by atoms with van der Waals surface area (Å²) in [5.74, 6) is -0.245. The van der Waals surface area contributed by atoms with Crippen LogP contribution in [0.5, 0.6) is 0 Å². The average Bonchev–Trinajstić information content (AvgIpc) is 3.28. The molecule has 2 N–H and O–H groups in total. The van der Waals surface area contributed by atoms with E-state index in [0.29, 0.717) is 17.8 Å². The van der Waals surface area contributed by atoms with Gasteiger partial charge in [0.1, 0.15) is 11.5 Å². The average molecular weight is 460 g/mol. The number of esters is 1.